The van der Waals surface area contributed by atoms with Crippen molar-refractivity contribution in [2.45, 2.75) is 25.8 Å². The summed E-state index contributed by atoms with van der Waals surface area (Å²) in [5.74, 6) is 0. The molecule has 0 saturated carbocycles. The van der Waals surface area contributed by atoms with E-state index in [0.717, 1.165) is 23.5 Å². The topological polar surface area (TPSA) is 35.6 Å². The van der Waals surface area contributed by atoms with E-state index in [9.17, 15) is 0 Å². The minimum absolute atomic E-state index is 0.00187. The van der Waals surface area contributed by atoms with E-state index in [4.69, 9.17) is 11.6 Å². The van der Waals surface area contributed by atoms with Gasteiger partial charge in [0.05, 0.1) is 29.5 Å². The minimum Gasteiger partial charge on any atom is -0.270 e. The summed E-state index contributed by atoms with van der Waals surface area (Å²) < 4.78 is 3.76. The predicted molar refractivity (Wildman–Crippen MR) is 63.5 cm³/mol. The molecule has 0 amide bonds. The highest BCUT2D eigenvalue weighted by molar-refractivity contribution is 6.20. The van der Waals surface area contributed by atoms with Crippen molar-refractivity contribution >= 4 is 11.6 Å². The number of nitrogens with zero attached hydrogens (tertiary/aromatic N) is 4. The molecule has 4 nitrogen and oxygen atoms in total. The van der Waals surface area contributed by atoms with Gasteiger partial charge in [-0.15, -0.1) is 11.6 Å². The summed E-state index contributed by atoms with van der Waals surface area (Å²) in [7, 11) is 1.94. The monoisotopic (exact) mass is 238 g/mol. The van der Waals surface area contributed by atoms with Crippen molar-refractivity contribution < 1.29 is 0 Å². The van der Waals surface area contributed by atoms with Gasteiger partial charge >= 0.3 is 0 Å². The second kappa shape index (κ2) is 4.29. The van der Waals surface area contributed by atoms with Crippen LogP contribution in [0.5, 0.6) is 0 Å². The Balaban J connectivity index is 2.17. The number of aromatic nitrogens is 4. The Morgan fingerprint density at radius 3 is 2.75 bits per heavy atom. The molecular formula is C11H15ClN4. The molecular weight excluding hydrogens is 224 g/mol. The van der Waals surface area contributed by atoms with Crippen LogP contribution in [0.1, 0.15) is 29.3 Å². The molecule has 0 radical (unpaired) electrons. The summed E-state index contributed by atoms with van der Waals surface area (Å²) in [6.45, 7) is 4.65. The smallest absolute Gasteiger partial charge is 0.0828 e. The van der Waals surface area contributed by atoms with Crippen molar-refractivity contribution in [3.8, 4) is 0 Å². The van der Waals surface area contributed by atoms with E-state index in [1.54, 1.807) is 6.20 Å². The average Bonchev–Trinajstić information content (AvgIpc) is 2.75. The third-order valence-electron chi connectivity index (χ3n) is 2.54. The van der Waals surface area contributed by atoms with Crippen LogP contribution in [0, 0.1) is 6.92 Å². The maximum Gasteiger partial charge on any atom is 0.0828 e. The van der Waals surface area contributed by atoms with Gasteiger partial charge in [-0.25, -0.2) is 0 Å². The number of rotatable bonds is 3. The van der Waals surface area contributed by atoms with Crippen LogP contribution in [0.3, 0.4) is 0 Å². The number of halogens is 1. The summed E-state index contributed by atoms with van der Waals surface area (Å²) in [4.78, 5) is 0. The molecule has 2 rings (SSSR count). The van der Waals surface area contributed by atoms with Crippen LogP contribution >= 0.6 is 11.6 Å². The third kappa shape index (κ3) is 2.27. The first kappa shape index (κ1) is 11.2. The van der Waals surface area contributed by atoms with Crippen LogP contribution in [0.4, 0.5) is 0 Å². The maximum absolute atomic E-state index is 5.98. The SMILES string of the molecule is Cc1cc(Cn2cc(C(C)Cl)cn2)n(C)n1. The van der Waals surface area contributed by atoms with E-state index < -0.39 is 0 Å². The van der Waals surface area contributed by atoms with E-state index >= 15 is 0 Å². The highest BCUT2D eigenvalue weighted by Gasteiger charge is 2.07. The number of aryl methyl sites for hydroxylation is 2. The first-order valence-corrected chi connectivity index (χ1v) is 5.66. The van der Waals surface area contributed by atoms with Gasteiger partial charge in [-0.2, -0.15) is 10.2 Å². The van der Waals surface area contributed by atoms with Gasteiger partial charge in [-0.1, -0.05) is 0 Å². The molecule has 0 bridgehead atoms. The predicted octanol–water partition coefficient (Wildman–Crippen LogP) is 2.27. The molecule has 5 heteroatoms. The molecule has 0 N–H and O–H groups in total. The number of hydrogen-bond donors (Lipinski definition) is 0. The normalized spacial score (nSPS) is 13.0. The van der Waals surface area contributed by atoms with Crippen LogP contribution in [-0.4, -0.2) is 19.6 Å². The Bertz CT molecular complexity index is 484. The zero-order chi connectivity index (χ0) is 11.7. The van der Waals surface area contributed by atoms with Gasteiger partial charge in [0.2, 0.25) is 0 Å². The molecule has 16 heavy (non-hydrogen) atoms. The van der Waals surface area contributed by atoms with E-state index in [-0.39, 0.29) is 5.38 Å². The summed E-state index contributed by atoms with van der Waals surface area (Å²) >= 11 is 5.98. The lowest BCUT2D eigenvalue weighted by molar-refractivity contribution is 0.618. The molecule has 2 aromatic rings. The molecule has 0 aromatic carbocycles. The van der Waals surface area contributed by atoms with E-state index in [0.29, 0.717) is 0 Å². The van der Waals surface area contributed by atoms with Gasteiger partial charge < -0.3 is 0 Å². The van der Waals surface area contributed by atoms with Gasteiger partial charge in [0.1, 0.15) is 0 Å². The molecule has 2 aromatic heterocycles. The van der Waals surface area contributed by atoms with Gasteiger partial charge in [-0.3, -0.25) is 9.36 Å². The molecule has 0 saturated heterocycles. The first-order chi connectivity index (χ1) is 7.56. The zero-order valence-electron chi connectivity index (χ0n) is 9.68. The first-order valence-electron chi connectivity index (χ1n) is 5.22. The Labute approximate surface area is 99.8 Å². The Morgan fingerprint density at radius 2 is 2.25 bits per heavy atom. The van der Waals surface area contributed by atoms with Gasteiger partial charge in [-0.05, 0) is 19.9 Å². The lowest BCUT2D eigenvalue weighted by Gasteiger charge is -2.01. The summed E-state index contributed by atoms with van der Waals surface area (Å²) in [5.41, 5.74) is 3.20. The van der Waals surface area contributed by atoms with Crippen LogP contribution in [-0.2, 0) is 13.6 Å². The highest BCUT2D eigenvalue weighted by Crippen LogP contribution is 2.18. The van der Waals surface area contributed by atoms with Crippen molar-refractivity contribution in [3.63, 3.8) is 0 Å². The van der Waals surface area contributed by atoms with Crippen LogP contribution < -0.4 is 0 Å². The quantitative estimate of drug-likeness (QED) is 0.769. The Hall–Kier alpha value is -1.29. The van der Waals surface area contributed by atoms with Crippen molar-refractivity contribution in [1.82, 2.24) is 19.6 Å². The fourth-order valence-corrected chi connectivity index (χ4v) is 1.76. The highest BCUT2D eigenvalue weighted by atomic mass is 35.5. The molecule has 2 heterocycles. The molecule has 0 spiro atoms. The fourth-order valence-electron chi connectivity index (χ4n) is 1.65. The molecule has 0 aliphatic rings. The zero-order valence-corrected chi connectivity index (χ0v) is 10.4. The Morgan fingerprint density at radius 1 is 1.50 bits per heavy atom. The summed E-state index contributed by atoms with van der Waals surface area (Å²) in [5, 5.41) is 8.57. The molecule has 1 atom stereocenters. The van der Waals surface area contributed by atoms with Gasteiger partial charge in [0, 0.05) is 18.8 Å². The van der Waals surface area contributed by atoms with E-state index in [2.05, 4.69) is 16.3 Å². The fraction of sp³-hybridized carbons (Fsp3) is 0.455. The van der Waals surface area contributed by atoms with E-state index in [1.807, 2.05) is 36.5 Å². The summed E-state index contributed by atoms with van der Waals surface area (Å²) in [6.07, 6.45) is 3.78. The van der Waals surface area contributed by atoms with Crippen LogP contribution in [0.2, 0.25) is 0 Å². The second-order valence-electron chi connectivity index (χ2n) is 3.99. The molecule has 1 unspecified atom stereocenters. The Kier molecular flexibility index (Phi) is 3.01. The molecule has 86 valence electrons. The van der Waals surface area contributed by atoms with Gasteiger partial charge in [0.25, 0.3) is 0 Å². The number of hydrogen-bond acceptors (Lipinski definition) is 2. The van der Waals surface area contributed by atoms with Crippen molar-refractivity contribution in [2.75, 3.05) is 0 Å². The maximum atomic E-state index is 5.98. The van der Waals surface area contributed by atoms with E-state index in [1.165, 1.54) is 0 Å². The van der Waals surface area contributed by atoms with Crippen molar-refractivity contribution in [2.24, 2.45) is 7.05 Å². The average molecular weight is 239 g/mol. The largest absolute Gasteiger partial charge is 0.270 e. The van der Waals surface area contributed by atoms with Gasteiger partial charge in [0.15, 0.2) is 0 Å². The number of alkyl halides is 1. The minimum atomic E-state index is 0.00187. The van der Waals surface area contributed by atoms with Crippen LogP contribution in [0.25, 0.3) is 0 Å². The lowest BCUT2D eigenvalue weighted by atomic mass is 10.3. The standard InChI is InChI=1S/C11H15ClN4/c1-8-4-11(15(3)14-8)7-16-6-10(5-13-16)9(2)12/h4-6,9H,7H2,1-3H3. The van der Waals surface area contributed by atoms with Crippen LogP contribution in [0.15, 0.2) is 18.5 Å². The summed E-state index contributed by atoms with van der Waals surface area (Å²) in [6, 6.07) is 2.06. The van der Waals surface area contributed by atoms with Crippen molar-refractivity contribution in [1.29, 1.82) is 0 Å². The molecule has 0 aliphatic heterocycles. The molecule has 0 aliphatic carbocycles. The molecule has 0 fully saturated rings. The second-order valence-corrected chi connectivity index (χ2v) is 4.64. The third-order valence-corrected chi connectivity index (χ3v) is 2.79. The van der Waals surface area contributed by atoms with Crippen molar-refractivity contribution in [3.05, 3.63) is 35.4 Å². The lowest BCUT2D eigenvalue weighted by Crippen LogP contribution is -2.05.